The maximum atomic E-state index is 13.6. The number of benzene rings is 3. The number of aromatic nitrogens is 1. The second-order valence-electron chi connectivity index (χ2n) is 10.8. The van der Waals surface area contributed by atoms with Crippen LogP contribution in [0.4, 0.5) is 5.69 Å². The molecule has 3 atom stereocenters. The molecule has 0 aliphatic carbocycles. The minimum Gasteiger partial charge on any atom is -0.480 e. The van der Waals surface area contributed by atoms with Gasteiger partial charge < -0.3 is 15.3 Å². The average molecular weight is 563 g/mol. The minimum absolute atomic E-state index is 0.103. The summed E-state index contributed by atoms with van der Waals surface area (Å²) in [5, 5.41) is 12.5. The third kappa shape index (κ3) is 5.41. The fourth-order valence-electron chi connectivity index (χ4n) is 5.79. The number of hydrogen-bond donors (Lipinski definition) is 2. The number of likely N-dealkylation sites (N-methyl/N-ethyl adjacent to an activating group) is 1. The van der Waals surface area contributed by atoms with Crippen molar-refractivity contribution in [2.24, 2.45) is 5.92 Å². The maximum absolute atomic E-state index is 13.6. The summed E-state index contributed by atoms with van der Waals surface area (Å²) in [6.45, 7) is 4.04. The number of carboxylic acid groups (broad SMARTS) is 1. The van der Waals surface area contributed by atoms with Crippen molar-refractivity contribution in [3.05, 3.63) is 132 Å². The Kier molecular flexibility index (Phi) is 8.17. The van der Waals surface area contributed by atoms with Gasteiger partial charge >= 0.3 is 5.97 Å². The normalized spacial score (nSPS) is 16.9. The first-order valence-corrected chi connectivity index (χ1v) is 13.9. The van der Waals surface area contributed by atoms with Gasteiger partial charge in [-0.1, -0.05) is 105 Å². The van der Waals surface area contributed by atoms with Crippen LogP contribution in [0.25, 0.3) is 0 Å². The Morgan fingerprint density at radius 3 is 1.76 bits per heavy atom. The molecule has 2 heterocycles. The molecule has 0 saturated carbocycles. The van der Waals surface area contributed by atoms with Crippen LogP contribution in [0, 0.1) is 5.92 Å². The molecule has 42 heavy (non-hydrogen) atoms. The fourth-order valence-corrected chi connectivity index (χ4v) is 5.79. The van der Waals surface area contributed by atoms with E-state index in [1.807, 2.05) is 54.6 Å². The first kappa shape index (κ1) is 28.7. The Bertz CT molecular complexity index is 1450. The van der Waals surface area contributed by atoms with Gasteiger partial charge in [-0.15, -0.1) is 0 Å². The number of hydrogen-bond acceptors (Lipinski definition) is 5. The van der Waals surface area contributed by atoms with Gasteiger partial charge in [0.15, 0.2) is 0 Å². The number of aliphatic carboxylic acids is 1. The highest BCUT2D eigenvalue weighted by Gasteiger charge is 2.55. The molecule has 2 amide bonds. The van der Waals surface area contributed by atoms with E-state index in [0.29, 0.717) is 12.2 Å². The van der Waals surface area contributed by atoms with E-state index in [4.69, 9.17) is 0 Å². The Hall–Kier alpha value is -4.82. The summed E-state index contributed by atoms with van der Waals surface area (Å²) in [6.07, 6.45) is 1.43. The van der Waals surface area contributed by atoms with Gasteiger partial charge in [-0.3, -0.25) is 14.5 Å². The first-order valence-electron chi connectivity index (χ1n) is 13.9. The van der Waals surface area contributed by atoms with Crippen molar-refractivity contribution < 1.29 is 19.5 Å². The lowest BCUT2D eigenvalue weighted by Gasteiger charge is -2.38. The number of rotatable bonds is 10. The Balaban J connectivity index is 1.39. The molecule has 1 fully saturated rings. The van der Waals surface area contributed by atoms with Crippen LogP contribution in [0.15, 0.2) is 109 Å². The number of pyridine rings is 1. The van der Waals surface area contributed by atoms with Crippen molar-refractivity contribution in [1.82, 2.24) is 14.8 Å². The van der Waals surface area contributed by atoms with Gasteiger partial charge in [-0.2, -0.15) is 0 Å². The van der Waals surface area contributed by atoms with Crippen molar-refractivity contribution in [3.63, 3.8) is 0 Å². The molecule has 0 radical (unpaired) electrons. The molecule has 1 saturated heterocycles. The van der Waals surface area contributed by atoms with E-state index in [1.54, 1.807) is 19.9 Å². The molecular weight excluding hydrogens is 528 g/mol. The molecule has 4 aromatic rings. The highest BCUT2D eigenvalue weighted by Crippen LogP contribution is 2.48. The molecule has 2 unspecified atom stereocenters. The molecule has 214 valence electrons. The van der Waals surface area contributed by atoms with Crippen LogP contribution in [-0.2, 0) is 15.1 Å². The van der Waals surface area contributed by atoms with Crippen LogP contribution in [0.3, 0.4) is 0 Å². The standard InChI is InChI=1S/C34H34N4O4/c1-23(2)30(33(41)42)37(3)32(40)28-20-19-27(21-35-28)36-31(39)29-22-38(29)34(24-13-7-4-8-14-24,25-15-9-5-10-16-25)26-17-11-6-12-18-26/h4-21,23,29-30H,22H2,1-3H3,(H,36,39)(H,41,42)/t29?,30?,38-/m0/s1. The summed E-state index contributed by atoms with van der Waals surface area (Å²) in [7, 11) is 1.46. The third-order valence-electron chi connectivity index (χ3n) is 7.79. The quantitative estimate of drug-likeness (QED) is 0.211. The summed E-state index contributed by atoms with van der Waals surface area (Å²) in [6, 6.07) is 32.4. The molecular formula is C34H34N4O4. The van der Waals surface area contributed by atoms with Crippen LogP contribution in [0.1, 0.15) is 41.0 Å². The lowest BCUT2D eigenvalue weighted by atomic mass is 9.76. The zero-order chi connectivity index (χ0) is 29.9. The lowest BCUT2D eigenvalue weighted by Crippen LogP contribution is -2.45. The van der Waals surface area contributed by atoms with Gasteiger partial charge in [0.1, 0.15) is 17.8 Å². The molecule has 2 N–H and O–H groups in total. The number of carbonyl (C=O) groups excluding carboxylic acids is 2. The number of nitrogens with zero attached hydrogens (tertiary/aromatic N) is 3. The molecule has 1 aliphatic heterocycles. The van der Waals surface area contributed by atoms with Gasteiger partial charge in [0.05, 0.1) is 17.4 Å². The van der Waals surface area contributed by atoms with Gasteiger partial charge in [0.25, 0.3) is 5.91 Å². The molecule has 0 bridgehead atoms. The number of nitrogens with one attached hydrogen (secondary N) is 1. The molecule has 1 aromatic heterocycles. The summed E-state index contributed by atoms with van der Waals surface area (Å²) < 4.78 is 0. The van der Waals surface area contributed by atoms with Gasteiger partial charge in [0.2, 0.25) is 5.91 Å². The summed E-state index contributed by atoms with van der Waals surface area (Å²) in [5.74, 6) is -2.02. The zero-order valence-corrected chi connectivity index (χ0v) is 23.8. The molecule has 8 nitrogen and oxygen atoms in total. The Morgan fingerprint density at radius 2 is 1.36 bits per heavy atom. The fraction of sp³-hybridized carbons (Fsp3) is 0.235. The summed E-state index contributed by atoms with van der Waals surface area (Å²) in [4.78, 5) is 45.8. The van der Waals surface area contributed by atoms with Crippen molar-refractivity contribution in [1.29, 1.82) is 0 Å². The van der Waals surface area contributed by atoms with E-state index < -0.39 is 29.5 Å². The van der Waals surface area contributed by atoms with E-state index >= 15 is 0 Å². The number of carbonyl (C=O) groups is 3. The van der Waals surface area contributed by atoms with E-state index in [1.165, 1.54) is 24.2 Å². The van der Waals surface area contributed by atoms with E-state index in [9.17, 15) is 19.5 Å². The molecule has 5 rings (SSSR count). The average Bonchev–Trinajstić information content (AvgIpc) is 3.80. The number of anilines is 1. The highest BCUT2D eigenvalue weighted by molar-refractivity contribution is 5.98. The maximum Gasteiger partial charge on any atom is 0.326 e. The monoisotopic (exact) mass is 562 g/mol. The van der Waals surface area contributed by atoms with Gasteiger partial charge in [0, 0.05) is 13.6 Å². The summed E-state index contributed by atoms with van der Waals surface area (Å²) in [5.41, 5.74) is 3.07. The Labute approximate surface area is 245 Å². The predicted octanol–water partition coefficient (Wildman–Crippen LogP) is 4.88. The van der Waals surface area contributed by atoms with Crippen LogP contribution in [-0.4, -0.2) is 63.4 Å². The molecule has 8 heteroatoms. The predicted molar refractivity (Wildman–Crippen MR) is 161 cm³/mol. The van der Waals surface area contributed by atoms with E-state index in [0.717, 1.165) is 16.7 Å². The van der Waals surface area contributed by atoms with Crippen LogP contribution >= 0.6 is 0 Å². The van der Waals surface area contributed by atoms with Crippen molar-refractivity contribution >= 4 is 23.5 Å². The van der Waals surface area contributed by atoms with Crippen molar-refractivity contribution in [2.75, 3.05) is 18.9 Å². The molecule has 0 spiro atoms. The molecule has 1 aliphatic rings. The second kappa shape index (κ2) is 12.0. The zero-order valence-electron chi connectivity index (χ0n) is 23.8. The number of carboxylic acids is 1. The van der Waals surface area contributed by atoms with Crippen LogP contribution in [0.5, 0.6) is 0 Å². The van der Waals surface area contributed by atoms with E-state index in [2.05, 4.69) is 51.6 Å². The minimum atomic E-state index is -1.07. The first-order chi connectivity index (χ1) is 20.2. The van der Waals surface area contributed by atoms with Crippen molar-refractivity contribution in [3.8, 4) is 0 Å². The van der Waals surface area contributed by atoms with E-state index in [-0.39, 0.29) is 17.5 Å². The topological polar surface area (TPSA) is 103 Å². The third-order valence-corrected chi connectivity index (χ3v) is 7.79. The highest BCUT2D eigenvalue weighted by atomic mass is 16.4. The van der Waals surface area contributed by atoms with Gasteiger partial charge in [-0.05, 0) is 34.7 Å². The van der Waals surface area contributed by atoms with Crippen LogP contribution in [0.2, 0.25) is 0 Å². The Morgan fingerprint density at radius 1 is 0.857 bits per heavy atom. The second-order valence-corrected chi connectivity index (χ2v) is 10.8. The van der Waals surface area contributed by atoms with Gasteiger partial charge in [-0.25, -0.2) is 9.78 Å². The van der Waals surface area contributed by atoms with Crippen molar-refractivity contribution in [2.45, 2.75) is 31.5 Å². The number of amides is 2. The smallest absolute Gasteiger partial charge is 0.326 e. The largest absolute Gasteiger partial charge is 0.480 e. The lowest BCUT2D eigenvalue weighted by molar-refractivity contribution is -0.143. The summed E-state index contributed by atoms with van der Waals surface area (Å²) >= 11 is 0. The van der Waals surface area contributed by atoms with Crippen LogP contribution < -0.4 is 5.32 Å². The molecule has 3 aromatic carbocycles. The SMILES string of the molecule is CC(C)C(C(=O)O)N(C)C(=O)c1ccc(NC(=O)C2C[N@]2C(c2ccccc2)(c2ccccc2)c2ccccc2)cn1.